The molecule has 52 heavy (non-hydrogen) atoms. The molecule has 290 valence electrons. The van der Waals surface area contributed by atoms with Crippen LogP contribution in [0.2, 0.25) is 0 Å². The van der Waals surface area contributed by atoms with E-state index in [0.29, 0.717) is 25.7 Å². The summed E-state index contributed by atoms with van der Waals surface area (Å²) in [5.41, 5.74) is 2.17. The second-order valence-electron chi connectivity index (χ2n) is 17.4. The number of ether oxygens (including phenoxy) is 9. The number of fused-ring (bicyclic) bond motifs is 6. The average Bonchev–Trinajstić information content (AvgIpc) is 3.79. The van der Waals surface area contributed by atoms with Crippen LogP contribution in [0.1, 0.15) is 90.4 Å². The lowest BCUT2D eigenvalue weighted by Crippen LogP contribution is -2.61. The number of hydrogen-bond acceptors (Lipinski definition) is 12. The number of hydrogen-bond donors (Lipinski definition) is 2. The third-order valence-corrected chi connectivity index (χ3v) is 13.9. The third-order valence-electron chi connectivity index (χ3n) is 13.9. The zero-order valence-corrected chi connectivity index (χ0v) is 30.7. The van der Waals surface area contributed by atoms with Gasteiger partial charge in [0.25, 0.3) is 0 Å². The zero-order valence-electron chi connectivity index (χ0n) is 30.7. The van der Waals surface area contributed by atoms with Gasteiger partial charge in [-0.1, -0.05) is 20.1 Å². The van der Waals surface area contributed by atoms with Gasteiger partial charge in [-0.3, -0.25) is 4.79 Å². The molecule has 19 atom stereocenters. The summed E-state index contributed by atoms with van der Waals surface area (Å²) in [7, 11) is 1.63. The molecular weight excluding hydrogens is 672 g/mol. The normalized spacial score (nSPS) is 52.4. The smallest absolute Gasteiger partial charge is 0.172 e. The fourth-order valence-electron chi connectivity index (χ4n) is 11.3. The number of methoxy groups -OCH3 is 1. The van der Waals surface area contributed by atoms with E-state index in [9.17, 15) is 15.0 Å². The molecule has 12 nitrogen and oxygen atoms in total. The summed E-state index contributed by atoms with van der Waals surface area (Å²) in [5, 5.41) is 20.1. The van der Waals surface area contributed by atoms with E-state index in [1.807, 2.05) is 0 Å². The Kier molecular flexibility index (Phi) is 10.0. The van der Waals surface area contributed by atoms with E-state index >= 15 is 0 Å². The van der Waals surface area contributed by atoms with Crippen LogP contribution in [0, 0.1) is 11.8 Å². The third kappa shape index (κ3) is 6.59. The van der Waals surface area contributed by atoms with Gasteiger partial charge in [0.1, 0.15) is 36.3 Å². The number of aliphatic hydroxyl groups is 2. The number of carbonyl (C=O) groups is 1. The molecule has 10 fully saturated rings. The van der Waals surface area contributed by atoms with Gasteiger partial charge in [-0.15, -0.1) is 0 Å². The van der Waals surface area contributed by atoms with Gasteiger partial charge in [-0.2, -0.15) is 0 Å². The van der Waals surface area contributed by atoms with Crippen LogP contribution in [0.5, 0.6) is 0 Å². The molecule has 0 aliphatic carbocycles. The Balaban J connectivity index is 0.994. The second kappa shape index (κ2) is 14.3. The number of ketones is 1. The summed E-state index contributed by atoms with van der Waals surface area (Å²) in [6.07, 6.45) is 4.01. The molecule has 10 heterocycles. The van der Waals surface area contributed by atoms with Crippen LogP contribution in [0.25, 0.3) is 0 Å². The molecule has 0 radical (unpaired) electrons. The van der Waals surface area contributed by atoms with Gasteiger partial charge >= 0.3 is 0 Å². The fourth-order valence-corrected chi connectivity index (χ4v) is 11.3. The molecule has 2 N–H and O–H groups in total. The van der Waals surface area contributed by atoms with Crippen molar-refractivity contribution in [1.29, 1.82) is 0 Å². The highest BCUT2D eigenvalue weighted by Gasteiger charge is 2.68. The molecule has 10 aliphatic rings. The highest BCUT2D eigenvalue weighted by molar-refractivity contribution is 5.79. The standard InChI is InChI=1S/C40H58O12/c1-19-11-24-5-7-28-20(2)12-26(45-28)9-10-40-17-33-36(51-40)37-38(50-33)39(52-40)35-29(49-37)8-6-25(47-35)13-22(42)14-27-31(16-30(46-24)21(19)3)48-32(34(27)44-4)15-23(43)18-41/h19,23-39,41,43H,2-3,5-18H2,1,4H3/t19-,23?,24?,25?,26?,27?,28?,29?,30?,31?,32?,33-,34-,35+,36?,37+,38?,39+,40+/m1/s1. The Hall–Kier alpha value is -1.29. The lowest BCUT2D eigenvalue weighted by atomic mass is 9.81. The summed E-state index contributed by atoms with van der Waals surface area (Å²) < 4.78 is 59.8. The van der Waals surface area contributed by atoms with E-state index < -0.39 is 24.1 Å². The first-order valence-electron chi connectivity index (χ1n) is 20.1. The number of Topliss-reactive ketones (excluding diaryl/α,β-unsaturated/α-hetero) is 1. The van der Waals surface area contributed by atoms with Gasteiger partial charge < -0.3 is 52.8 Å². The quantitative estimate of drug-likeness (QED) is 0.410. The molecule has 12 bridgehead atoms. The minimum absolute atomic E-state index is 0.0260. The lowest BCUT2D eigenvalue weighted by Gasteiger charge is -2.47. The Bertz CT molecular complexity index is 1370. The molecule has 12 heteroatoms. The first kappa shape index (κ1) is 36.4. The van der Waals surface area contributed by atoms with E-state index in [-0.39, 0.29) is 123 Å². The summed E-state index contributed by atoms with van der Waals surface area (Å²) >= 11 is 0. The van der Waals surface area contributed by atoms with Crippen LogP contribution in [-0.2, 0) is 47.4 Å². The van der Waals surface area contributed by atoms with Crippen molar-refractivity contribution in [3.8, 4) is 0 Å². The zero-order chi connectivity index (χ0) is 35.9. The Labute approximate surface area is 306 Å². The molecular formula is C40H58O12. The summed E-state index contributed by atoms with van der Waals surface area (Å²) in [6, 6.07) is 0. The summed E-state index contributed by atoms with van der Waals surface area (Å²) in [5.74, 6) is -0.709. The minimum atomic E-state index is -0.951. The van der Waals surface area contributed by atoms with E-state index in [0.717, 1.165) is 49.7 Å². The maximum Gasteiger partial charge on any atom is 0.172 e. The summed E-state index contributed by atoms with van der Waals surface area (Å²) in [6.45, 7) is 10.7. The fraction of sp³-hybridized carbons (Fsp3) is 0.875. The Morgan fingerprint density at radius 2 is 1.54 bits per heavy atom. The molecule has 0 aromatic heterocycles. The van der Waals surface area contributed by atoms with E-state index in [1.165, 1.54) is 0 Å². The predicted molar refractivity (Wildman–Crippen MR) is 184 cm³/mol. The van der Waals surface area contributed by atoms with Crippen LogP contribution in [0.3, 0.4) is 0 Å². The van der Waals surface area contributed by atoms with E-state index in [2.05, 4.69) is 20.1 Å². The van der Waals surface area contributed by atoms with Gasteiger partial charge in [0.15, 0.2) is 5.79 Å². The minimum Gasteiger partial charge on any atom is -0.394 e. The van der Waals surface area contributed by atoms with Crippen molar-refractivity contribution in [2.45, 2.75) is 194 Å². The first-order valence-corrected chi connectivity index (χ1v) is 20.1. The van der Waals surface area contributed by atoms with Crippen LogP contribution >= 0.6 is 0 Å². The van der Waals surface area contributed by atoms with Crippen LogP contribution < -0.4 is 0 Å². The highest BCUT2D eigenvalue weighted by Crippen LogP contribution is 2.54. The molecule has 0 aromatic carbocycles. The highest BCUT2D eigenvalue weighted by atomic mass is 16.8. The second-order valence-corrected chi connectivity index (χ2v) is 17.4. The first-order chi connectivity index (χ1) is 25.1. The van der Waals surface area contributed by atoms with Crippen molar-refractivity contribution >= 4 is 5.78 Å². The predicted octanol–water partition coefficient (Wildman–Crippen LogP) is 3.47. The van der Waals surface area contributed by atoms with Crippen LogP contribution in [-0.4, -0.2) is 133 Å². The van der Waals surface area contributed by atoms with Crippen molar-refractivity contribution in [2.75, 3.05) is 13.7 Å². The SMILES string of the molecule is C=C1CC2CC[C@@]34C[C@H]5OC6[C@@H](OC7CCC(CC(=O)CC8C(CC9OC(CCC1O2)C[C@@H](C)C9=C)OC(CC(O)CO)[C@@H]8OC)O[C@@H]7[C@@H]6O3)C5O4. The van der Waals surface area contributed by atoms with Gasteiger partial charge in [0, 0.05) is 51.6 Å². The average molecular weight is 731 g/mol. The molecule has 0 aromatic rings. The maximum absolute atomic E-state index is 14.0. The molecule has 10 rings (SSSR count). The topological polar surface area (TPSA) is 141 Å². The lowest BCUT2D eigenvalue weighted by molar-refractivity contribution is -0.292. The number of aliphatic hydroxyl groups excluding tert-OH is 2. The molecule has 0 amide bonds. The largest absolute Gasteiger partial charge is 0.394 e. The van der Waals surface area contributed by atoms with Crippen LogP contribution in [0.15, 0.2) is 24.3 Å². The van der Waals surface area contributed by atoms with Gasteiger partial charge in [0.2, 0.25) is 0 Å². The van der Waals surface area contributed by atoms with E-state index in [4.69, 9.17) is 42.6 Å². The van der Waals surface area contributed by atoms with Gasteiger partial charge in [-0.05, 0) is 62.0 Å². The van der Waals surface area contributed by atoms with Gasteiger partial charge in [0.05, 0.1) is 73.8 Å². The summed E-state index contributed by atoms with van der Waals surface area (Å²) in [4.78, 5) is 14.0. The van der Waals surface area contributed by atoms with Crippen molar-refractivity contribution in [2.24, 2.45) is 11.8 Å². The Morgan fingerprint density at radius 3 is 2.37 bits per heavy atom. The Morgan fingerprint density at radius 1 is 0.788 bits per heavy atom. The van der Waals surface area contributed by atoms with Gasteiger partial charge in [-0.25, -0.2) is 0 Å². The molecule has 1 spiro atoms. The van der Waals surface area contributed by atoms with E-state index in [1.54, 1.807) is 7.11 Å². The van der Waals surface area contributed by atoms with Crippen molar-refractivity contribution in [3.05, 3.63) is 24.3 Å². The van der Waals surface area contributed by atoms with Crippen molar-refractivity contribution in [3.63, 3.8) is 0 Å². The molecule has 12 unspecified atom stereocenters. The maximum atomic E-state index is 14.0. The molecule has 10 saturated heterocycles. The molecule has 10 aliphatic heterocycles. The number of carbonyl (C=O) groups excluding carboxylic acids is 1. The van der Waals surface area contributed by atoms with Crippen molar-refractivity contribution in [1.82, 2.24) is 0 Å². The monoisotopic (exact) mass is 730 g/mol. The van der Waals surface area contributed by atoms with Crippen LogP contribution in [0.4, 0.5) is 0 Å². The van der Waals surface area contributed by atoms with Crippen molar-refractivity contribution < 1.29 is 57.6 Å². The molecule has 0 saturated carbocycles. The number of rotatable bonds is 4.